The predicted molar refractivity (Wildman–Crippen MR) is 126 cm³/mol. The number of likely N-dealkylation sites (tertiary alicyclic amines) is 1. The fourth-order valence-corrected chi connectivity index (χ4v) is 4.78. The first kappa shape index (κ1) is 22.1. The average Bonchev–Trinajstić information content (AvgIpc) is 2.85. The summed E-state index contributed by atoms with van der Waals surface area (Å²) in [7, 11) is 1.74. The molecular formula is C26H31N5O. The van der Waals surface area contributed by atoms with Crippen molar-refractivity contribution in [3.8, 4) is 11.1 Å². The number of benzene rings is 1. The summed E-state index contributed by atoms with van der Waals surface area (Å²) in [5.41, 5.74) is 4.02. The van der Waals surface area contributed by atoms with Crippen LogP contribution in [0.4, 0.5) is 0 Å². The second kappa shape index (κ2) is 10.0. The molecule has 32 heavy (non-hydrogen) atoms. The van der Waals surface area contributed by atoms with Crippen molar-refractivity contribution in [2.75, 3.05) is 20.1 Å². The summed E-state index contributed by atoms with van der Waals surface area (Å²) in [5, 5.41) is 2.95. The molecule has 2 aromatic heterocycles. The van der Waals surface area contributed by atoms with Gasteiger partial charge in [-0.05, 0) is 43.0 Å². The van der Waals surface area contributed by atoms with Gasteiger partial charge in [-0.2, -0.15) is 0 Å². The third kappa shape index (κ3) is 4.86. The largest absolute Gasteiger partial charge is 0.359 e. The van der Waals surface area contributed by atoms with Crippen molar-refractivity contribution in [2.24, 2.45) is 5.41 Å². The third-order valence-corrected chi connectivity index (χ3v) is 6.36. The molecule has 1 aliphatic rings. The van der Waals surface area contributed by atoms with E-state index in [2.05, 4.69) is 56.4 Å². The van der Waals surface area contributed by atoms with E-state index < -0.39 is 5.41 Å². The number of rotatable bonds is 7. The Morgan fingerprint density at radius 3 is 2.66 bits per heavy atom. The van der Waals surface area contributed by atoms with E-state index in [1.807, 2.05) is 30.7 Å². The van der Waals surface area contributed by atoms with Gasteiger partial charge in [0.2, 0.25) is 5.91 Å². The number of hydrogen-bond acceptors (Lipinski definition) is 5. The molecular weight excluding hydrogens is 398 g/mol. The predicted octanol–water partition coefficient (Wildman–Crippen LogP) is 3.67. The highest BCUT2D eigenvalue weighted by atomic mass is 16.2. The Bertz CT molecular complexity index is 1040. The molecule has 6 nitrogen and oxygen atoms in total. The van der Waals surface area contributed by atoms with Crippen LogP contribution in [-0.2, 0) is 24.2 Å². The molecule has 1 fully saturated rings. The zero-order chi connectivity index (χ0) is 22.4. The SMILES string of the molecule is CCc1ncc(CN2CCCC(Cc3ccccc3-c3cccnc3)(C(=O)NC)C2)cn1. The van der Waals surface area contributed by atoms with Crippen molar-refractivity contribution in [3.63, 3.8) is 0 Å². The third-order valence-electron chi connectivity index (χ3n) is 6.36. The van der Waals surface area contributed by atoms with Crippen molar-refractivity contribution < 1.29 is 4.79 Å². The van der Waals surface area contributed by atoms with Gasteiger partial charge in [0.05, 0.1) is 5.41 Å². The summed E-state index contributed by atoms with van der Waals surface area (Å²) in [5.74, 6) is 0.972. The van der Waals surface area contributed by atoms with Crippen LogP contribution in [-0.4, -0.2) is 45.9 Å². The molecule has 3 heterocycles. The van der Waals surface area contributed by atoms with E-state index >= 15 is 0 Å². The molecule has 0 spiro atoms. The summed E-state index contributed by atoms with van der Waals surface area (Å²) in [6.07, 6.45) is 10.9. The Hall–Kier alpha value is -3.12. The maximum Gasteiger partial charge on any atom is 0.227 e. The topological polar surface area (TPSA) is 71.0 Å². The molecule has 1 aromatic carbocycles. The van der Waals surface area contributed by atoms with E-state index in [9.17, 15) is 4.79 Å². The highest BCUT2D eigenvalue weighted by Gasteiger charge is 2.42. The fraction of sp³-hybridized carbons (Fsp3) is 0.385. The summed E-state index contributed by atoms with van der Waals surface area (Å²) in [4.78, 5) is 28.8. The Balaban J connectivity index is 1.60. The lowest BCUT2D eigenvalue weighted by molar-refractivity contribution is -0.134. The summed E-state index contributed by atoms with van der Waals surface area (Å²) < 4.78 is 0. The minimum absolute atomic E-state index is 0.112. The van der Waals surface area contributed by atoms with Crippen LogP contribution < -0.4 is 5.32 Å². The van der Waals surface area contributed by atoms with E-state index in [0.717, 1.165) is 54.9 Å². The number of hydrogen-bond donors (Lipinski definition) is 1. The van der Waals surface area contributed by atoms with Crippen LogP contribution in [0.3, 0.4) is 0 Å². The minimum Gasteiger partial charge on any atom is -0.359 e. The van der Waals surface area contributed by atoms with Crippen molar-refractivity contribution >= 4 is 5.91 Å². The molecule has 1 saturated heterocycles. The lowest BCUT2D eigenvalue weighted by atomic mass is 9.73. The average molecular weight is 430 g/mol. The number of piperidine rings is 1. The number of amides is 1. The first-order chi connectivity index (χ1) is 15.6. The molecule has 1 aliphatic heterocycles. The second-order valence-corrected chi connectivity index (χ2v) is 8.61. The number of carbonyl (C=O) groups excluding carboxylic acids is 1. The smallest absolute Gasteiger partial charge is 0.227 e. The Kier molecular flexibility index (Phi) is 6.90. The molecule has 0 radical (unpaired) electrons. The standard InChI is InChI=1S/C26H31N5O/c1-3-24-29-15-20(16-30-24)18-31-13-7-11-26(19-31,25(32)27-2)14-21-8-4-5-10-23(21)22-9-6-12-28-17-22/h4-6,8-10,12,15-17H,3,7,11,13-14,18-19H2,1-2H3,(H,27,32). The van der Waals surface area contributed by atoms with Crippen molar-refractivity contribution in [3.05, 3.63) is 78.1 Å². The molecule has 1 N–H and O–H groups in total. The highest BCUT2D eigenvalue weighted by Crippen LogP contribution is 2.37. The first-order valence-electron chi connectivity index (χ1n) is 11.4. The van der Waals surface area contributed by atoms with Gasteiger partial charge in [-0.1, -0.05) is 37.3 Å². The van der Waals surface area contributed by atoms with E-state index in [1.165, 1.54) is 5.56 Å². The highest BCUT2D eigenvalue weighted by molar-refractivity contribution is 5.83. The summed E-state index contributed by atoms with van der Waals surface area (Å²) >= 11 is 0. The number of nitrogens with one attached hydrogen (secondary N) is 1. The van der Waals surface area contributed by atoms with Gasteiger partial charge in [0.15, 0.2) is 0 Å². The van der Waals surface area contributed by atoms with Gasteiger partial charge in [0.1, 0.15) is 5.82 Å². The summed E-state index contributed by atoms with van der Waals surface area (Å²) in [6.45, 7) is 4.50. The Labute approximate surface area is 190 Å². The van der Waals surface area contributed by atoms with Gasteiger partial charge in [-0.25, -0.2) is 9.97 Å². The van der Waals surface area contributed by atoms with Gasteiger partial charge < -0.3 is 5.32 Å². The van der Waals surface area contributed by atoms with Crippen LogP contribution >= 0.6 is 0 Å². The minimum atomic E-state index is -0.477. The van der Waals surface area contributed by atoms with Gasteiger partial charge >= 0.3 is 0 Å². The van der Waals surface area contributed by atoms with E-state index in [0.29, 0.717) is 13.0 Å². The lowest BCUT2D eigenvalue weighted by Crippen LogP contribution is -2.52. The number of nitrogens with zero attached hydrogens (tertiary/aromatic N) is 4. The normalized spacial score (nSPS) is 18.9. The van der Waals surface area contributed by atoms with Crippen LogP contribution in [0.25, 0.3) is 11.1 Å². The molecule has 6 heteroatoms. The van der Waals surface area contributed by atoms with Crippen LogP contribution in [0.2, 0.25) is 0 Å². The Morgan fingerprint density at radius 1 is 1.12 bits per heavy atom. The van der Waals surface area contributed by atoms with E-state index in [4.69, 9.17) is 0 Å². The molecule has 0 aliphatic carbocycles. The van der Waals surface area contributed by atoms with Gasteiger partial charge in [-0.15, -0.1) is 0 Å². The zero-order valence-corrected chi connectivity index (χ0v) is 18.9. The molecule has 4 rings (SSSR count). The number of carbonyl (C=O) groups is 1. The fourth-order valence-electron chi connectivity index (χ4n) is 4.78. The zero-order valence-electron chi connectivity index (χ0n) is 18.9. The Morgan fingerprint density at radius 2 is 1.94 bits per heavy atom. The van der Waals surface area contributed by atoms with Gasteiger partial charge in [0, 0.05) is 62.5 Å². The molecule has 1 amide bonds. The number of aromatic nitrogens is 3. The van der Waals surface area contributed by atoms with Crippen LogP contribution in [0.5, 0.6) is 0 Å². The monoisotopic (exact) mass is 429 g/mol. The second-order valence-electron chi connectivity index (χ2n) is 8.61. The van der Waals surface area contributed by atoms with Crippen LogP contribution in [0, 0.1) is 5.41 Å². The maximum atomic E-state index is 13.2. The number of aryl methyl sites for hydroxylation is 1. The van der Waals surface area contributed by atoms with Crippen molar-refractivity contribution in [1.82, 2.24) is 25.2 Å². The summed E-state index contributed by atoms with van der Waals surface area (Å²) in [6, 6.07) is 12.4. The van der Waals surface area contributed by atoms with Crippen molar-refractivity contribution in [1.29, 1.82) is 0 Å². The molecule has 1 atom stereocenters. The number of pyridine rings is 1. The molecule has 0 saturated carbocycles. The van der Waals surface area contributed by atoms with E-state index in [1.54, 1.807) is 13.2 Å². The van der Waals surface area contributed by atoms with E-state index in [-0.39, 0.29) is 5.91 Å². The van der Waals surface area contributed by atoms with Crippen LogP contribution in [0.15, 0.2) is 61.2 Å². The van der Waals surface area contributed by atoms with Crippen LogP contribution in [0.1, 0.15) is 36.7 Å². The molecule has 166 valence electrons. The molecule has 1 unspecified atom stereocenters. The maximum absolute atomic E-state index is 13.2. The quantitative estimate of drug-likeness (QED) is 0.620. The lowest BCUT2D eigenvalue weighted by Gasteiger charge is -2.42. The molecule has 0 bridgehead atoms. The molecule has 3 aromatic rings. The van der Waals surface area contributed by atoms with Gasteiger partial charge in [-0.3, -0.25) is 14.7 Å². The van der Waals surface area contributed by atoms with Gasteiger partial charge in [0.25, 0.3) is 0 Å². The first-order valence-corrected chi connectivity index (χ1v) is 11.4. The van der Waals surface area contributed by atoms with Crippen molar-refractivity contribution in [2.45, 2.75) is 39.2 Å².